The molecule has 1 aromatic carbocycles. The van der Waals surface area contributed by atoms with Crippen molar-refractivity contribution in [3.63, 3.8) is 0 Å². The lowest BCUT2D eigenvalue weighted by Gasteiger charge is -2.24. The molecule has 0 aromatic heterocycles. The predicted molar refractivity (Wildman–Crippen MR) is 80.1 cm³/mol. The smallest absolute Gasteiger partial charge is 0.264 e. The van der Waals surface area contributed by atoms with Gasteiger partial charge >= 0.3 is 0 Å². The molecule has 0 bridgehead atoms. The Balaban J connectivity index is 1.86. The highest BCUT2D eigenvalue weighted by Crippen LogP contribution is 2.30. The largest absolute Gasteiger partial charge is 0.504 e. The molecule has 1 atom stereocenters. The number of nitrogens with zero attached hydrogens (tertiary/aromatic N) is 1. The Morgan fingerprint density at radius 3 is 2.95 bits per heavy atom. The second kappa shape index (κ2) is 7.17. The predicted octanol–water partition coefficient (Wildman–Crippen LogP) is 2.90. The van der Waals surface area contributed by atoms with Crippen molar-refractivity contribution in [3.8, 4) is 5.75 Å². The minimum absolute atomic E-state index is 0.102. The zero-order valence-electron chi connectivity index (χ0n) is 12.5. The summed E-state index contributed by atoms with van der Waals surface area (Å²) in [5, 5.41) is 3.88. The summed E-state index contributed by atoms with van der Waals surface area (Å²) in [5.74, 6) is 1.08. The van der Waals surface area contributed by atoms with Crippen LogP contribution in [-0.4, -0.2) is 32.7 Å². The van der Waals surface area contributed by atoms with Crippen LogP contribution in [0.5, 0.6) is 5.75 Å². The summed E-state index contributed by atoms with van der Waals surface area (Å²) in [4.78, 5) is 4.90. The molecule has 118 valence electrons. The van der Waals surface area contributed by atoms with Gasteiger partial charge in [0.2, 0.25) is 0 Å². The van der Waals surface area contributed by atoms with E-state index in [4.69, 9.17) is 23.8 Å². The first kappa shape index (κ1) is 14.7. The van der Waals surface area contributed by atoms with E-state index in [0.717, 1.165) is 31.4 Å². The van der Waals surface area contributed by atoms with Crippen molar-refractivity contribution >= 4 is 11.5 Å². The van der Waals surface area contributed by atoms with Crippen LogP contribution in [0.15, 0.2) is 35.7 Å². The summed E-state index contributed by atoms with van der Waals surface area (Å²) in [7, 11) is 1.57. The highest BCUT2D eigenvalue weighted by molar-refractivity contribution is 6.20. The van der Waals surface area contributed by atoms with Crippen LogP contribution >= 0.6 is 0 Å². The molecule has 0 aliphatic carbocycles. The molecule has 0 amide bonds. The average molecular weight is 305 g/mol. The van der Waals surface area contributed by atoms with Gasteiger partial charge in [0.1, 0.15) is 5.75 Å². The molecular weight excluding hydrogens is 286 g/mol. The Morgan fingerprint density at radius 2 is 2.23 bits per heavy atom. The Kier molecular flexibility index (Phi) is 4.80. The third-order valence-electron chi connectivity index (χ3n) is 3.44. The summed E-state index contributed by atoms with van der Waals surface area (Å²) in [6, 6.07) is 7.66. The Hall–Kier alpha value is -2.21. The first-order valence-corrected chi connectivity index (χ1v) is 7.32. The summed E-state index contributed by atoms with van der Waals surface area (Å²) >= 11 is 0. The number of para-hydroxylation sites is 1. The van der Waals surface area contributed by atoms with Crippen molar-refractivity contribution in [2.24, 2.45) is 5.16 Å². The molecule has 3 rings (SSSR count). The maximum absolute atomic E-state index is 6.00. The molecular formula is C16H19NO5. The number of hydrogen-bond acceptors (Lipinski definition) is 6. The molecule has 0 N–H and O–H groups in total. The van der Waals surface area contributed by atoms with Crippen LogP contribution in [-0.2, 0) is 19.0 Å². The lowest BCUT2D eigenvalue weighted by Crippen LogP contribution is -2.25. The normalized spacial score (nSPS) is 21.6. The van der Waals surface area contributed by atoms with Crippen LogP contribution in [0.2, 0.25) is 0 Å². The van der Waals surface area contributed by atoms with Crippen LogP contribution in [0.25, 0.3) is 5.57 Å². The van der Waals surface area contributed by atoms with Crippen LogP contribution in [0, 0.1) is 0 Å². The van der Waals surface area contributed by atoms with E-state index in [1.807, 2.05) is 24.3 Å². The van der Waals surface area contributed by atoms with Gasteiger partial charge in [-0.2, -0.15) is 0 Å². The SMILES string of the molecule is CO/C=C(/C1=NOCO1)c1ccccc1OC1CCCCO1. The average Bonchev–Trinajstić information content (AvgIpc) is 3.09. The van der Waals surface area contributed by atoms with E-state index >= 15 is 0 Å². The summed E-state index contributed by atoms with van der Waals surface area (Å²) in [5.41, 5.74) is 1.49. The molecule has 1 unspecified atom stereocenters. The lowest BCUT2D eigenvalue weighted by atomic mass is 10.1. The Bertz CT molecular complexity index is 563. The fraction of sp³-hybridized carbons (Fsp3) is 0.438. The standard InChI is InChI=1S/C16H19NO5/c1-18-10-13(16-17-21-11-20-16)12-6-2-3-7-14(12)22-15-8-4-5-9-19-15/h2-3,6-7,10,15H,4-5,8-9,11H2,1H3/b13-10+. The summed E-state index contributed by atoms with van der Waals surface area (Å²) in [6.07, 6.45) is 4.42. The van der Waals surface area contributed by atoms with Crippen molar-refractivity contribution in [2.45, 2.75) is 25.6 Å². The molecule has 1 saturated heterocycles. The van der Waals surface area contributed by atoms with Crippen molar-refractivity contribution in [1.82, 2.24) is 0 Å². The van der Waals surface area contributed by atoms with Crippen LogP contribution in [0.1, 0.15) is 24.8 Å². The second-order valence-electron chi connectivity index (χ2n) is 4.97. The van der Waals surface area contributed by atoms with Crippen molar-refractivity contribution < 1.29 is 23.8 Å². The molecule has 2 heterocycles. The van der Waals surface area contributed by atoms with Gasteiger partial charge in [-0.15, -0.1) is 0 Å². The first-order chi connectivity index (χ1) is 10.9. The number of methoxy groups -OCH3 is 1. The highest BCUT2D eigenvalue weighted by atomic mass is 16.8. The fourth-order valence-corrected chi connectivity index (χ4v) is 2.41. The molecule has 2 aliphatic heterocycles. The van der Waals surface area contributed by atoms with E-state index in [2.05, 4.69) is 5.16 Å². The second-order valence-corrected chi connectivity index (χ2v) is 4.97. The molecule has 22 heavy (non-hydrogen) atoms. The number of oxime groups is 1. The van der Waals surface area contributed by atoms with E-state index in [-0.39, 0.29) is 13.1 Å². The maximum atomic E-state index is 6.00. The zero-order chi connectivity index (χ0) is 15.2. The van der Waals surface area contributed by atoms with Gasteiger partial charge in [-0.05, 0) is 24.1 Å². The summed E-state index contributed by atoms with van der Waals surface area (Å²) < 4.78 is 22.2. The maximum Gasteiger partial charge on any atom is 0.264 e. The number of hydrogen-bond donors (Lipinski definition) is 0. The molecule has 6 nitrogen and oxygen atoms in total. The monoisotopic (exact) mass is 305 g/mol. The van der Waals surface area contributed by atoms with Gasteiger partial charge in [-0.25, -0.2) is 0 Å². The fourth-order valence-electron chi connectivity index (χ4n) is 2.41. The van der Waals surface area contributed by atoms with Crippen molar-refractivity contribution in [2.75, 3.05) is 20.5 Å². The zero-order valence-corrected chi connectivity index (χ0v) is 12.5. The third kappa shape index (κ3) is 3.33. The Morgan fingerprint density at radius 1 is 1.32 bits per heavy atom. The molecule has 2 aliphatic rings. The molecule has 0 radical (unpaired) electrons. The van der Waals surface area contributed by atoms with Gasteiger partial charge < -0.3 is 23.8 Å². The van der Waals surface area contributed by atoms with E-state index < -0.39 is 0 Å². The third-order valence-corrected chi connectivity index (χ3v) is 3.44. The molecule has 0 spiro atoms. The topological polar surface area (TPSA) is 58.5 Å². The Labute approximate surface area is 129 Å². The molecule has 0 saturated carbocycles. The van der Waals surface area contributed by atoms with E-state index in [0.29, 0.717) is 17.2 Å². The van der Waals surface area contributed by atoms with Crippen LogP contribution in [0.4, 0.5) is 0 Å². The lowest BCUT2D eigenvalue weighted by molar-refractivity contribution is -0.106. The summed E-state index contributed by atoms with van der Waals surface area (Å²) in [6.45, 7) is 0.836. The van der Waals surface area contributed by atoms with E-state index in [9.17, 15) is 0 Å². The van der Waals surface area contributed by atoms with Gasteiger partial charge in [-0.3, -0.25) is 0 Å². The number of benzene rings is 1. The van der Waals surface area contributed by atoms with E-state index in [1.165, 1.54) is 0 Å². The van der Waals surface area contributed by atoms with Crippen LogP contribution < -0.4 is 4.74 Å². The number of rotatable bonds is 5. The van der Waals surface area contributed by atoms with Gasteiger partial charge in [0.15, 0.2) is 6.29 Å². The highest BCUT2D eigenvalue weighted by Gasteiger charge is 2.23. The first-order valence-electron chi connectivity index (χ1n) is 7.32. The quantitative estimate of drug-likeness (QED) is 0.783. The minimum Gasteiger partial charge on any atom is -0.504 e. The van der Waals surface area contributed by atoms with E-state index in [1.54, 1.807) is 13.4 Å². The minimum atomic E-state index is -0.221. The number of ether oxygens (including phenoxy) is 4. The molecule has 1 aromatic rings. The van der Waals surface area contributed by atoms with Gasteiger partial charge in [-0.1, -0.05) is 18.2 Å². The molecule has 1 fully saturated rings. The van der Waals surface area contributed by atoms with Crippen molar-refractivity contribution in [3.05, 3.63) is 36.1 Å². The van der Waals surface area contributed by atoms with Gasteiger partial charge in [0.25, 0.3) is 12.7 Å². The molecule has 6 heteroatoms. The van der Waals surface area contributed by atoms with Crippen LogP contribution in [0.3, 0.4) is 0 Å². The van der Waals surface area contributed by atoms with Gasteiger partial charge in [0, 0.05) is 12.0 Å². The van der Waals surface area contributed by atoms with Gasteiger partial charge in [0.05, 0.1) is 25.6 Å². The van der Waals surface area contributed by atoms with Crippen molar-refractivity contribution in [1.29, 1.82) is 0 Å².